The number of nitrogens with one attached hydrogen (secondary N) is 1. The minimum Gasteiger partial charge on any atom is -0.490 e. The second kappa shape index (κ2) is 6.94. The topological polar surface area (TPSA) is 34.1 Å². The van der Waals surface area contributed by atoms with Crippen LogP contribution in [0.15, 0.2) is 36.4 Å². The van der Waals surface area contributed by atoms with Crippen molar-refractivity contribution in [3.05, 3.63) is 53.3 Å². The Hall–Kier alpha value is -2.03. The van der Waals surface area contributed by atoms with Crippen molar-refractivity contribution < 1.29 is 4.74 Å². The molecule has 0 fully saturated rings. The lowest BCUT2D eigenvalue weighted by atomic mass is 10.2. The molecule has 3 nitrogen and oxygen atoms in total. The maximum Gasteiger partial charge on any atom is 0.140 e. The van der Waals surface area contributed by atoms with Gasteiger partial charge in [0.25, 0.3) is 0 Å². The summed E-state index contributed by atoms with van der Waals surface area (Å²) in [7, 11) is 0. The van der Waals surface area contributed by atoms with E-state index >= 15 is 0 Å². The number of pyridine rings is 1. The van der Waals surface area contributed by atoms with E-state index in [0.29, 0.717) is 6.61 Å². The van der Waals surface area contributed by atoms with Crippen LogP contribution < -0.4 is 10.1 Å². The molecule has 106 valence electrons. The molecule has 1 N–H and O–H groups in total. The van der Waals surface area contributed by atoms with Gasteiger partial charge in [-0.2, -0.15) is 0 Å². The van der Waals surface area contributed by atoms with Crippen molar-refractivity contribution in [1.82, 2.24) is 4.98 Å². The largest absolute Gasteiger partial charge is 0.490 e. The van der Waals surface area contributed by atoms with Gasteiger partial charge in [-0.15, -0.1) is 0 Å². The van der Waals surface area contributed by atoms with Crippen molar-refractivity contribution in [3.8, 4) is 5.75 Å². The monoisotopic (exact) mass is 270 g/mol. The molecular formula is C17H22N2O. The fraction of sp³-hybridized carbons (Fsp3) is 0.353. The fourth-order valence-corrected chi connectivity index (χ4v) is 2.01. The number of hydrogen-bond acceptors (Lipinski definition) is 3. The first-order chi connectivity index (χ1) is 9.69. The molecule has 0 spiro atoms. The number of benzene rings is 1. The number of aromatic nitrogens is 1. The highest BCUT2D eigenvalue weighted by Crippen LogP contribution is 2.17. The Kier molecular flexibility index (Phi) is 4.99. The summed E-state index contributed by atoms with van der Waals surface area (Å²) in [5, 5.41) is 3.35. The van der Waals surface area contributed by atoms with E-state index in [0.717, 1.165) is 35.8 Å². The summed E-state index contributed by atoms with van der Waals surface area (Å²) in [6, 6.07) is 12.4. The second-order valence-electron chi connectivity index (χ2n) is 4.89. The molecule has 20 heavy (non-hydrogen) atoms. The van der Waals surface area contributed by atoms with Crippen molar-refractivity contribution in [2.75, 3.05) is 18.5 Å². The van der Waals surface area contributed by atoms with Crippen LogP contribution >= 0.6 is 0 Å². The molecule has 3 heteroatoms. The Morgan fingerprint density at radius 1 is 1.05 bits per heavy atom. The van der Waals surface area contributed by atoms with Crippen LogP contribution in [-0.4, -0.2) is 18.1 Å². The minimum atomic E-state index is 0.631. The first kappa shape index (κ1) is 14.4. The summed E-state index contributed by atoms with van der Waals surface area (Å²) in [5.41, 5.74) is 4.45. The Morgan fingerprint density at radius 3 is 2.50 bits per heavy atom. The maximum atomic E-state index is 5.80. The number of nitrogens with zero attached hydrogens (tertiary/aromatic N) is 1. The van der Waals surface area contributed by atoms with Crippen LogP contribution in [0.5, 0.6) is 5.75 Å². The molecule has 1 aromatic heterocycles. The molecular weight excluding hydrogens is 248 g/mol. The molecule has 0 atom stereocenters. The summed E-state index contributed by atoms with van der Waals surface area (Å²) in [5.74, 6) is 0.892. The van der Waals surface area contributed by atoms with Gasteiger partial charge in [-0.1, -0.05) is 24.6 Å². The maximum absolute atomic E-state index is 5.80. The SMILES string of the molecule is CCc1nc(C)ccc1OCCNc1ccc(C)cc1. The highest BCUT2D eigenvalue weighted by Gasteiger charge is 2.03. The molecule has 0 radical (unpaired) electrons. The van der Waals surface area contributed by atoms with Gasteiger partial charge >= 0.3 is 0 Å². The van der Waals surface area contributed by atoms with E-state index in [4.69, 9.17) is 4.74 Å². The van der Waals surface area contributed by atoms with Gasteiger partial charge in [-0.25, -0.2) is 0 Å². The van der Waals surface area contributed by atoms with Crippen molar-refractivity contribution >= 4 is 5.69 Å². The van der Waals surface area contributed by atoms with E-state index in [1.54, 1.807) is 0 Å². The van der Waals surface area contributed by atoms with Gasteiger partial charge in [-0.3, -0.25) is 4.98 Å². The number of ether oxygens (including phenoxy) is 1. The third-order valence-corrected chi connectivity index (χ3v) is 3.15. The van der Waals surface area contributed by atoms with E-state index in [9.17, 15) is 0 Å². The van der Waals surface area contributed by atoms with Gasteiger partial charge in [0.2, 0.25) is 0 Å². The minimum absolute atomic E-state index is 0.631. The highest BCUT2D eigenvalue weighted by molar-refractivity contribution is 5.44. The van der Waals surface area contributed by atoms with Crippen LogP contribution in [0.25, 0.3) is 0 Å². The quantitative estimate of drug-likeness (QED) is 0.812. The number of aryl methyl sites for hydroxylation is 3. The predicted octanol–water partition coefficient (Wildman–Crippen LogP) is 3.75. The normalized spacial score (nSPS) is 10.3. The van der Waals surface area contributed by atoms with Crippen molar-refractivity contribution in [2.24, 2.45) is 0 Å². The first-order valence-corrected chi connectivity index (χ1v) is 7.09. The lowest BCUT2D eigenvalue weighted by Gasteiger charge is -2.11. The van der Waals surface area contributed by atoms with Crippen LogP contribution in [0, 0.1) is 13.8 Å². The Balaban J connectivity index is 1.82. The van der Waals surface area contributed by atoms with Crippen LogP contribution in [-0.2, 0) is 6.42 Å². The van der Waals surface area contributed by atoms with E-state index in [2.05, 4.69) is 48.4 Å². The van der Waals surface area contributed by atoms with Crippen LogP contribution in [0.4, 0.5) is 5.69 Å². The molecule has 1 aromatic carbocycles. The standard InChI is InChI=1S/C17H22N2O/c1-4-16-17(10-7-14(3)19-16)20-12-11-18-15-8-5-13(2)6-9-15/h5-10,18H,4,11-12H2,1-3H3. The molecule has 2 rings (SSSR count). The molecule has 0 saturated heterocycles. The lowest BCUT2D eigenvalue weighted by molar-refractivity contribution is 0.327. The van der Waals surface area contributed by atoms with E-state index < -0.39 is 0 Å². The summed E-state index contributed by atoms with van der Waals surface area (Å²) < 4.78 is 5.80. The first-order valence-electron chi connectivity index (χ1n) is 7.09. The average molecular weight is 270 g/mol. The van der Waals surface area contributed by atoms with Gasteiger partial charge in [0.05, 0.1) is 5.69 Å². The summed E-state index contributed by atoms with van der Waals surface area (Å²) in [6.45, 7) is 7.59. The lowest BCUT2D eigenvalue weighted by Crippen LogP contribution is -2.12. The van der Waals surface area contributed by atoms with Crippen LogP contribution in [0.3, 0.4) is 0 Å². The summed E-state index contributed by atoms with van der Waals surface area (Å²) in [6.07, 6.45) is 0.891. The molecule has 1 heterocycles. The molecule has 0 unspecified atom stereocenters. The summed E-state index contributed by atoms with van der Waals surface area (Å²) in [4.78, 5) is 4.49. The molecule has 0 aliphatic carbocycles. The van der Waals surface area contributed by atoms with Crippen molar-refractivity contribution in [2.45, 2.75) is 27.2 Å². The highest BCUT2D eigenvalue weighted by atomic mass is 16.5. The molecule has 0 saturated carbocycles. The molecule has 2 aromatic rings. The molecule has 0 amide bonds. The van der Waals surface area contributed by atoms with Gasteiger partial charge in [0, 0.05) is 17.9 Å². The number of rotatable bonds is 6. The van der Waals surface area contributed by atoms with Gasteiger partial charge < -0.3 is 10.1 Å². The zero-order valence-corrected chi connectivity index (χ0v) is 12.4. The van der Waals surface area contributed by atoms with Gasteiger partial charge in [0.1, 0.15) is 12.4 Å². The predicted molar refractivity (Wildman–Crippen MR) is 83.5 cm³/mol. The van der Waals surface area contributed by atoms with Gasteiger partial charge in [0.15, 0.2) is 0 Å². The van der Waals surface area contributed by atoms with Crippen molar-refractivity contribution in [3.63, 3.8) is 0 Å². The van der Waals surface area contributed by atoms with Crippen LogP contribution in [0.2, 0.25) is 0 Å². The molecule has 0 aliphatic heterocycles. The fourth-order valence-electron chi connectivity index (χ4n) is 2.01. The zero-order chi connectivity index (χ0) is 14.4. The Bertz CT molecular complexity index is 549. The Morgan fingerprint density at radius 2 is 1.80 bits per heavy atom. The molecule has 0 aliphatic rings. The van der Waals surface area contributed by atoms with E-state index in [-0.39, 0.29) is 0 Å². The average Bonchev–Trinajstić information content (AvgIpc) is 2.46. The smallest absolute Gasteiger partial charge is 0.140 e. The summed E-state index contributed by atoms with van der Waals surface area (Å²) >= 11 is 0. The molecule has 0 bridgehead atoms. The van der Waals surface area contributed by atoms with Gasteiger partial charge in [-0.05, 0) is 44.5 Å². The van der Waals surface area contributed by atoms with E-state index in [1.807, 2.05) is 19.1 Å². The zero-order valence-electron chi connectivity index (χ0n) is 12.4. The van der Waals surface area contributed by atoms with E-state index in [1.165, 1.54) is 5.56 Å². The second-order valence-corrected chi connectivity index (χ2v) is 4.89. The van der Waals surface area contributed by atoms with Crippen LogP contribution in [0.1, 0.15) is 23.9 Å². The van der Waals surface area contributed by atoms with Crippen molar-refractivity contribution in [1.29, 1.82) is 0 Å². The third kappa shape index (κ3) is 3.98. The number of anilines is 1. The number of hydrogen-bond donors (Lipinski definition) is 1. The third-order valence-electron chi connectivity index (χ3n) is 3.15. The Labute approximate surface area is 121 Å².